The van der Waals surface area contributed by atoms with Gasteiger partial charge in [-0.3, -0.25) is 0 Å². The number of aliphatic hydroxyl groups excluding tert-OH is 1. The van der Waals surface area contributed by atoms with E-state index in [9.17, 15) is 4.39 Å². The molecule has 1 fully saturated rings. The number of aromatic nitrogens is 1. The maximum atomic E-state index is 14.1. The Bertz CT molecular complexity index is 427. The van der Waals surface area contributed by atoms with Crippen molar-refractivity contribution < 1.29 is 9.50 Å². The number of nitrogens with one attached hydrogen (secondary N) is 1. The van der Waals surface area contributed by atoms with E-state index in [4.69, 9.17) is 5.11 Å². The first-order chi connectivity index (χ1) is 9.10. The highest BCUT2D eigenvalue weighted by molar-refractivity contribution is 5.42. The first-order valence-corrected chi connectivity index (χ1v) is 6.83. The molecule has 2 atom stereocenters. The van der Waals surface area contributed by atoms with Crippen molar-refractivity contribution in [1.29, 1.82) is 0 Å². The lowest BCUT2D eigenvalue weighted by Gasteiger charge is -2.33. The lowest BCUT2D eigenvalue weighted by molar-refractivity contribution is 0.237. The molecule has 0 radical (unpaired) electrons. The molecule has 0 amide bonds. The zero-order valence-electron chi connectivity index (χ0n) is 11.6. The van der Waals surface area contributed by atoms with Crippen LogP contribution < -0.4 is 10.2 Å². The molecule has 1 aliphatic rings. The highest BCUT2D eigenvalue weighted by Gasteiger charge is 2.20. The second-order valence-corrected chi connectivity index (χ2v) is 5.44. The summed E-state index contributed by atoms with van der Waals surface area (Å²) in [7, 11) is 0. The Hall–Kier alpha value is -1.20. The first-order valence-electron chi connectivity index (χ1n) is 6.83. The molecule has 1 aliphatic heterocycles. The lowest BCUT2D eigenvalue weighted by atomic mass is 10.0. The van der Waals surface area contributed by atoms with E-state index in [2.05, 4.69) is 17.2 Å². The summed E-state index contributed by atoms with van der Waals surface area (Å²) < 4.78 is 14.1. The van der Waals surface area contributed by atoms with Crippen LogP contribution in [0, 0.1) is 11.7 Å². The quantitative estimate of drug-likeness (QED) is 0.860. The van der Waals surface area contributed by atoms with Gasteiger partial charge in [0.05, 0.1) is 0 Å². The van der Waals surface area contributed by atoms with E-state index < -0.39 is 0 Å². The van der Waals surface area contributed by atoms with Crippen LogP contribution in [0.5, 0.6) is 0 Å². The number of pyridine rings is 1. The van der Waals surface area contributed by atoms with Crippen LogP contribution in [0.2, 0.25) is 0 Å². The smallest absolute Gasteiger partial charge is 0.165 e. The third-order valence-electron chi connectivity index (χ3n) is 3.44. The second-order valence-electron chi connectivity index (χ2n) is 5.44. The zero-order valence-corrected chi connectivity index (χ0v) is 11.6. The topological polar surface area (TPSA) is 48.4 Å². The van der Waals surface area contributed by atoms with E-state index in [-0.39, 0.29) is 18.3 Å². The van der Waals surface area contributed by atoms with Gasteiger partial charge in [0.2, 0.25) is 0 Å². The summed E-state index contributed by atoms with van der Waals surface area (Å²) in [5, 5.41) is 12.4. The summed E-state index contributed by atoms with van der Waals surface area (Å²) in [6, 6.07) is 1.89. The second kappa shape index (κ2) is 6.30. The molecule has 2 rings (SSSR count). The molecule has 0 bridgehead atoms. The van der Waals surface area contributed by atoms with E-state index in [0.717, 1.165) is 25.2 Å². The van der Waals surface area contributed by atoms with Crippen molar-refractivity contribution in [2.24, 2.45) is 5.92 Å². The molecule has 0 unspecified atom stereocenters. The van der Waals surface area contributed by atoms with Gasteiger partial charge in [0.15, 0.2) is 11.6 Å². The predicted molar refractivity (Wildman–Crippen MR) is 73.8 cm³/mol. The van der Waals surface area contributed by atoms with Crippen molar-refractivity contribution in [3.8, 4) is 0 Å². The molecule has 1 aromatic heterocycles. The Morgan fingerprint density at radius 1 is 1.63 bits per heavy atom. The average Bonchev–Trinajstić information content (AvgIpc) is 2.38. The van der Waals surface area contributed by atoms with E-state index in [1.807, 2.05) is 11.8 Å². The Kier molecular flexibility index (Phi) is 4.71. The molecule has 19 heavy (non-hydrogen) atoms. The fraction of sp³-hybridized carbons (Fsp3) is 0.643. The molecule has 1 aromatic rings. The van der Waals surface area contributed by atoms with Crippen molar-refractivity contribution in [2.45, 2.75) is 26.3 Å². The van der Waals surface area contributed by atoms with Gasteiger partial charge >= 0.3 is 0 Å². The fourth-order valence-electron chi connectivity index (χ4n) is 2.41. The highest BCUT2D eigenvalue weighted by Crippen LogP contribution is 2.20. The minimum absolute atomic E-state index is 0.110. The summed E-state index contributed by atoms with van der Waals surface area (Å²) in [5.74, 6) is 0.303. The molecular weight excluding hydrogens is 245 g/mol. The summed E-state index contributed by atoms with van der Waals surface area (Å²) >= 11 is 0. The number of aliphatic hydroxyl groups is 1. The molecule has 0 aliphatic carbocycles. The van der Waals surface area contributed by atoms with Gasteiger partial charge in [-0.2, -0.15) is 0 Å². The van der Waals surface area contributed by atoms with E-state index >= 15 is 0 Å². The van der Waals surface area contributed by atoms with Crippen LogP contribution in [0.15, 0.2) is 12.3 Å². The highest BCUT2D eigenvalue weighted by atomic mass is 19.1. The van der Waals surface area contributed by atoms with E-state index in [0.29, 0.717) is 18.3 Å². The monoisotopic (exact) mass is 267 g/mol. The molecule has 5 heteroatoms. The minimum Gasteiger partial charge on any atom is -0.396 e. The van der Waals surface area contributed by atoms with Gasteiger partial charge in [-0.15, -0.1) is 0 Å². The number of nitrogens with zero attached hydrogens (tertiary/aromatic N) is 2. The van der Waals surface area contributed by atoms with Crippen molar-refractivity contribution >= 4 is 5.82 Å². The van der Waals surface area contributed by atoms with Crippen molar-refractivity contribution in [2.75, 3.05) is 31.1 Å². The van der Waals surface area contributed by atoms with E-state index in [1.165, 1.54) is 0 Å². The SMILES string of the molecule is C[C@@H](CO)Cc1cnc(N2CCN[C@H](C)C2)c(F)c1. The predicted octanol–water partition coefficient (Wildman–Crippen LogP) is 1.19. The average molecular weight is 267 g/mol. The third-order valence-corrected chi connectivity index (χ3v) is 3.44. The normalized spacial score (nSPS) is 21.5. The summed E-state index contributed by atoms with van der Waals surface area (Å²) in [6.07, 6.45) is 2.37. The molecule has 2 N–H and O–H groups in total. The van der Waals surface area contributed by atoms with Gasteiger partial charge in [-0.05, 0) is 30.9 Å². The van der Waals surface area contributed by atoms with Crippen LogP contribution in [0.4, 0.5) is 10.2 Å². The Labute approximate surface area is 113 Å². The lowest BCUT2D eigenvalue weighted by Crippen LogP contribution is -2.49. The van der Waals surface area contributed by atoms with Gasteiger partial charge < -0.3 is 15.3 Å². The van der Waals surface area contributed by atoms with Gasteiger partial charge in [0.25, 0.3) is 0 Å². The molecule has 0 saturated carbocycles. The number of halogens is 1. The van der Waals surface area contributed by atoms with Crippen LogP contribution >= 0.6 is 0 Å². The maximum Gasteiger partial charge on any atom is 0.165 e. The number of piperazine rings is 1. The number of anilines is 1. The Morgan fingerprint density at radius 2 is 2.42 bits per heavy atom. The van der Waals surface area contributed by atoms with Crippen molar-refractivity contribution in [1.82, 2.24) is 10.3 Å². The van der Waals surface area contributed by atoms with Crippen LogP contribution in [-0.4, -0.2) is 42.4 Å². The minimum atomic E-state index is -0.267. The molecule has 1 saturated heterocycles. The van der Waals surface area contributed by atoms with E-state index in [1.54, 1.807) is 12.3 Å². The molecule has 0 aromatic carbocycles. The van der Waals surface area contributed by atoms with Crippen LogP contribution in [0.25, 0.3) is 0 Å². The van der Waals surface area contributed by atoms with Gasteiger partial charge in [0, 0.05) is 38.5 Å². The van der Waals surface area contributed by atoms with Crippen molar-refractivity contribution in [3.63, 3.8) is 0 Å². The van der Waals surface area contributed by atoms with Gasteiger partial charge in [-0.1, -0.05) is 6.92 Å². The van der Waals surface area contributed by atoms with Crippen molar-refractivity contribution in [3.05, 3.63) is 23.6 Å². The van der Waals surface area contributed by atoms with Gasteiger partial charge in [0.1, 0.15) is 0 Å². The van der Waals surface area contributed by atoms with Crippen LogP contribution in [0.1, 0.15) is 19.4 Å². The molecule has 2 heterocycles. The maximum absolute atomic E-state index is 14.1. The van der Waals surface area contributed by atoms with Crippen LogP contribution in [-0.2, 0) is 6.42 Å². The number of hydrogen-bond acceptors (Lipinski definition) is 4. The Morgan fingerprint density at radius 3 is 3.05 bits per heavy atom. The summed E-state index contributed by atoms with van der Waals surface area (Å²) in [4.78, 5) is 6.25. The molecule has 4 nitrogen and oxygen atoms in total. The number of rotatable bonds is 4. The number of hydrogen-bond donors (Lipinski definition) is 2. The fourth-order valence-corrected chi connectivity index (χ4v) is 2.41. The Balaban J connectivity index is 2.10. The van der Waals surface area contributed by atoms with Crippen LogP contribution in [0.3, 0.4) is 0 Å². The van der Waals surface area contributed by atoms with Gasteiger partial charge in [-0.25, -0.2) is 9.37 Å². The standard InChI is InChI=1S/C14H22FN3O/c1-10(9-19)5-12-6-13(15)14(17-7-12)18-4-3-16-11(2)8-18/h6-7,10-11,16,19H,3-5,8-9H2,1-2H3/t10-,11-/m1/s1. The molecule has 106 valence electrons. The summed E-state index contributed by atoms with van der Waals surface area (Å²) in [5.41, 5.74) is 0.839. The molecule has 0 spiro atoms. The molecular formula is C14H22FN3O. The summed E-state index contributed by atoms with van der Waals surface area (Å²) in [6.45, 7) is 6.53. The third kappa shape index (κ3) is 3.64. The largest absolute Gasteiger partial charge is 0.396 e. The zero-order chi connectivity index (χ0) is 13.8. The first kappa shape index (κ1) is 14.2.